The van der Waals surface area contributed by atoms with E-state index in [0.717, 1.165) is 6.42 Å². The number of amides is 5. The number of Topliss-reactive ketones (excluding diaryl/α,β-unsaturated/α-hetero) is 1. The number of nitrogens with one attached hydrogen (secondary N) is 3. The van der Waals surface area contributed by atoms with E-state index >= 15 is 0 Å². The van der Waals surface area contributed by atoms with E-state index in [2.05, 4.69) is 24.5 Å². The van der Waals surface area contributed by atoms with Gasteiger partial charge in [0.15, 0.2) is 0 Å². The van der Waals surface area contributed by atoms with Crippen molar-refractivity contribution in [1.29, 1.82) is 0 Å². The molecule has 2 saturated heterocycles. The summed E-state index contributed by atoms with van der Waals surface area (Å²) < 4.78 is 5.94. The Morgan fingerprint density at radius 3 is 1.96 bits per heavy atom. The molecule has 3 atom stereocenters. The van der Waals surface area contributed by atoms with Crippen molar-refractivity contribution in [1.82, 2.24) is 25.8 Å². The van der Waals surface area contributed by atoms with E-state index in [1.807, 2.05) is 67.6 Å². The van der Waals surface area contributed by atoms with Gasteiger partial charge in [-0.05, 0) is 46.0 Å². The second-order valence-corrected chi connectivity index (χ2v) is 11.7. The average Bonchev–Trinajstić information content (AvgIpc) is 3.69. The van der Waals surface area contributed by atoms with Gasteiger partial charge in [-0.1, -0.05) is 61.8 Å². The largest absolute Gasteiger partial charge is 0.475 e. The lowest BCUT2D eigenvalue weighted by molar-refractivity contribution is -0.148. The highest BCUT2D eigenvalue weighted by atomic mass is 16.5. The third-order valence-electron chi connectivity index (χ3n) is 6.15. The zero-order valence-corrected chi connectivity index (χ0v) is 30.9. The summed E-state index contributed by atoms with van der Waals surface area (Å²) in [5.41, 5.74) is -0.262. The molecule has 0 bridgehead atoms. The predicted octanol–water partition coefficient (Wildman–Crippen LogP) is 2.53. The van der Waals surface area contributed by atoms with Gasteiger partial charge in [-0.2, -0.15) is 0 Å². The van der Waals surface area contributed by atoms with Crippen molar-refractivity contribution >= 4 is 41.8 Å². The Kier molecular flexibility index (Phi) is 27.0. The zero-order chi connectivity index (χ0) is 37.3. The van der Waals surface area contributed by atoms with E-state index in [-0.39, 0.29) is 54.2 Å². The number of nitrogens with zero attached hydrogens (tertiary/aromatic N) is 2. The number of rotatable bonds is 11. The smallest absolute Gasteiger partial charge is 0.374 e. The molecule has 2 heterocycles. The van der Waals surface area contributed by atoms with E-state index in [4.69, 9.17) is 9.84 Å². The normalized spacial score (nSPS) is 17.0. The summed E-state index contributed by atoms with van der Waals surface area (Å²) in [6.07, 6.45) is 3.55. The molecule has 0 aliphatic carbocycles. The lowest BCUT2D eigenvalue weighted by atomic mass is 10.0. The maximum atomic E-state index is 13.0. The summed E-state index contributed by atoms with van der Waals surface area (Å²) in [6.45, 7) is 24.3. The quantitative estimate of drug-likeness (QED) is 0.189. The molecule has 14 heteroatoms. The molecule has 3 unspecified atom stereocenters. The molecule has 5 amide bonds. The first-order chi connectivity index (χ1) is 22.0. The highest BCUT2D eigenvalue weighted by Crippen LogP contribution is 2.21. The van der Waals surface area contributed by atoms with Crippen molar-refractivity contribution < 1.29 is 43.4 Å². The number of carbonyl (C=O) groups is 7. The first-order valence-electron chi connectivity index (χ1n) is 16.7. The van der Waals surface area contributed by atoms with E-state index in [9.17, 15) is 33.6 Å². The molecule has 2 rings (SSSR count). The van der Waals surface area contributed by atoms with Crippen molar-refractivity contribution in [2.24, 2.45) is 5.92 Å². The molecule has 0 radical (unpaired) electrons. The number of carbonyl (C=O) groups excluding carboxylic acids is 6. The molecule has 0 aromatic rings. The second kappa shape index (κ2) is 26.5. The number of hydrogen-bond acceptors (Lipinski definition) is 8. The molecular weight excluding hydrogens is 610 g/mol. The van der Waals surface area contributed by atoms with Crippen LogP contribution in [-0.2, 0) is 38.3 Å². The van der Waals surface area contributed by atoms with Crippen LogP contribution in [-0.4, -0.2) is 113 Å². The topological polar surface area (TPSA) is 192 Å². The lowest BCUT2D eigenvalue weighted by Crippen LogP contribution is -2.55. The van der Waals surface area contributed by atoms with E-state index in [1.54, 1.807) is 4.90 Å². The van der Waals surface area contributed by atoms with Crippen LogP contribution in [0.25, 0.3) is 0 Å². The van der Waals surface area contributed by atoms with Gasteiger partial charge in [0.2, 0.25) is 30.0 Å². The van der Waals surface area contributed by atoms with Crippen LogP contribution in [0, 0.1) is 5.92 Å². The summed E-state index contributed by atoms with van der Waals surface area (Å²) in [5.74, 6) is -3.67. The Morgan fingerprint density at radius 2 is 1.51 bits per heavy atom. The SMILES string of the molecule is CC.CC.CC(=O)NC(C(=O)N1CCCC1C(=O)NCC(=O)N1CCC(OC(C)(C)C)C1)C(C)C.CCC.O=CNCC(=O)C(=O)O. The maximum Gasteiger partial charge on any atom is 0.374 e. The third-order valence-corrected chi connectivity index (χ3v) is 6.15. The molecule has 14 nitrogen and oxygen atoms in total. The Morgan fingerprint density at radius 1 is 0.957 bits per heavy atom. The minimum atomic E-state index is -1.54. The molecule has 2 aliphatic heterocycles. The van der Waals surface area contributed by atoms with Crippen LogP contribution in [0.2, 0.25) is 0 Å². The molecule has 274 valence electrons. The Labute approximate surface area is 282 Å². The molecule has 47 heavy (non-hydrogen) atoms. The Hall–Kier alpha value is -3.55. The summed E-state index contributed by atoms with van der Waals surface area (Å²) in [5, 5.41) is 15.2. The second-order valence-electron chi connectivity index (χ2n) is 11.7. The Bertz CT molecular complexity index is 967. The van der Waals surface area contributed by atoms with Gasteiger partial charge in [-0.3, -0.25) is 28.8 Å². The van der Waals surface area contributed by atoms with Crippen LogP contribution in [0.4, 0.5) is 0 Å². The lowest BCUT2D eigenvalue weighted by Gasteiger charge is -2.30. The number of likely N-dealkylation sites (tertiary alicyclic amines) is 2. The van der Waals surface area contributed by atoms with Crippen LogP contribution in [0.5, 0.6) is 0 Å². The molecule has 2 aliphatic rings. The summed E-state index contributed by atoms with van der Waals surface area (Å²) in [7, 11) is 0. The van der Waals surface area contributed by atoms with Gasteiger partial charge >= 0.3 is 5.97 Å². The van der Waals surface area contributed by atoms with Gasteiger partial charge in [0, 0.05) is 26.6 Å². The molecule has 0 aromatic heterocycles. The van der Waals surface area contributed by atoms with Crippen molar-refractivity contribution in [2.75, 3.05) is 32.7 Å². The standard InChI is InChI=1S/C22H38N4O5.C4H5NO4.C3H8.2C2H6/c1-14(2)19(24-15(3)27)21(30)26-10-7-8-17(26)20(29)23-12-18(28)25-11-9-16(13-25)31-22(4,5)6;6-2-5-1-3(7)4(8)9;1-3-2;2*1-2/h14,16-17,19H,7-13H2,1-6H3,(H,23,29)(H,24,27);2H,1H2,(H,5,6)(H,8,9);3H2,1-2H3;2*1-2H3. The number of ketones is 1. The Balaban J connectivity index is -0.00000101. The molecule has 2 fully saturated rings. The molecule has 0 saturated carbocycles. The summed E-state index contributed by atoms with van der Waals surface area (Å²) >= 11 is 0. The van der Waals surface area contributed by atoms with Gasteiger partial charge in [-0.15, -0.1) is 0 Å². The van der Waals surface area contributed by atoms with Crippen LogP contribution < -0.4 is 16.0 Å². The van der Waals surface area contributed by atoms with Gasteiger partial charge in [0.05, 0.1) is 24.8 Å². The predicted molar refractivity (Wildman–Crippen MR) is 181 cm³/mol. The minimum absolute atomic E-state index is 0.00402. The first kappa shape index (κ1) is 47.9. The minimum Gasteiger partial charge on any atom is -0.475 e. The van der Waals surface area contributed by atoms with Crippen LogP contribution in [0.3, 0.4) is 0 Å². The molecular formula is C33H63N5O9. The maximum absolute atomic E-state index is 13.0. The highest BCUT2D eigenvalue weighted by molar-refractivity contribution is 6.33. The number of hydrogen-bond donors (Lipinski definition) is 4. The van der Waals surface area contributed by atoms with E-state index < -0.39 is 30.4 Å². The molecule has 0 aromatic carbocycles. The van der Waals surface area contributed by atoms with Gasteiger partial charge in [0.25, 0.3) is 5.78 Å². The summed E-state index contributed by atoms with van der Waals surface area (Å²) in [6, 6.07) is -1.29. The average molecular weight is 674 g/mol. The van der Waals surface area contributed by atoms with Gasteiger partial charge in [0.1, 0.15) is 12.1 Å². The van der Waals surface area contributed by atoms with E-state index in [0.29, 0.717) is 32.5 Å². The number of carboxylic acids is 1. The van der Waals surface area contributed by atoms with Crippen molar-refractivity contribution in [3.8, 4) is 0 Å². The molecule has 0 spiro atoms. The summed E-state index contributed by atoms with van der Waals surface area (Å²) in [4.78, 5) is 82.3. The molecule has 4 N–H and O–H groups in total. The van der Waals surface area contributed by atoms with Gasteiger partial charge in [-0.25, -0.2) is 4.79 Å². The van der Waals surface area contributed by atoms with Crippen molar-refractivity contribution in [2.45, 2.75) is 133 Å². The van der Waals surface area contributed by atoms with Crippen LogP contribution >= 0.6 is 0 Å². The van der Waals surface area contributed by atoms with Crippen LogP contribution in [0.1, 0.15) is 109 Å². The number of aliphatic carboxylic acids is 1. The third kappa shape index (κ3) is 21.0. The van der Waals surface area contributed by atoms with E-state index in [1.165, 1.54) is 18.2 Å². The van der Waals surface area contributed by atoms with Crippen LogP contribution in [0.15, 0.2) is 0 Å². The fraction of sp³-hybridized carbons (Fsp3) is 0.788. The van der Waals surface area contributed by atoms with Gasteiger partial charge < -0.3 is 35.6 Å². The number of ether oxygens (including phenoxy) is 1. The monoisotopic (exact) mass is 673 g/mol. The first-order valence-corrected chi connectivity index (χ1v) is 16.7. The number of carboxylic acid groups (broad SMARTS) is 1. The fourth-order valence-corrected chi connectivity index (χ4v) is 4.37. The fourth-order valence-electron chi connectivity index (χ4n) is 4.37. The van der Waals surface area contributed by atoms with Crippen molar-refractivity contribution in [3.63, 3.8) is 0 Å². The highest BCUT2D eigenvalue weighted by Gasteiger charge is 2.38. The van der Waals surface area contributed by atoms with Crippen molar-refractivity contribution in [3.05, 3.63) is 0 Å². The zero-order valence-electron chi connectivity index (χ0n) is 30.9.